The lowest BCUT2D eigenvalue weighted by molar-refractivity contribution is -0.118. The third kappa shape index (κ3) is 6.39. The Balaban J connectivity index is 1.60. The third-order valence-corrected chi connectivity index (χ3v) is 4.48. The Bertz CT molecular complexity index is 1150. The summed E-state index contributed by atoms with van der Waals surface area (Å²) in [7, 11) is 0. The lowest BCUT2D eigenvalue weighted by Gasteiger charge is -2.09. The number of hydrogen-bond acceptors (Lipinski definition) is 5. The highest BCUT2D eigenvalue weighted by Gasteiger charge is 2.09. The van der Waals surface area contributed by atoms with Crippen molar-refractivity contribution in [1.29, 1.82) is 0 Å². The topological polar surface area (TPSA) is 77.0 Å². The van der Waals surface area contributed by atoms with Crippen LogP contribution in [0.5, 0.6) is 5.75 Å². The number of nitrogens with one attached hydrogen (secondary N) is 1. The van der Waals surface area contributed by atoms with Gasteiger partial charge in [0.25, 0.3) is 5.91 Å². The normalized spacial score (nSPS) is 10.7. The summed E-state index contributed by atoms with van der Waals surface area (Å²) in [5, 5.41) is 2.72. The Morgan fingerprint density at radius 1 is 1.09 bits per heavy atom. The first-order valence-corrected chi connectivity index (χ1v) is 10.1. The number of esters is 1. The van der Waals surface area contributed by atoms with Crippen LogP contribution in [0.1, 0.15) is 22.8 Å². The molecule has 0 bridgehead atoms. The molecule has 0 saturated heterocycles. The number of hydrogen-bond donors (Lipinski definition) is 1. The van der Waals surface area contributed by atoms with Crippen molar-refractivity contribution in [3.05, 3.63) is 88.7 Å². The van der Waals surface area contributed by atoms with E-state index >= 15 is 0 Å². The van der Waals surface area contributed by atoms with Crippen molar-refractivity contribution in [2.45, 2.75) is 6.92 Å². The maximum absolute atomic E-state index is 13.6. The van der Waals surface area contributed by atoms with Gasteiger partial charge in [-0.05, 0) is 61.0 Å². The number of para-hydroxylation sites is 1. The smallest absolute Gasteiger partial charge is 0.338 e. The molecule has 8 heteroatoms. The zero-order chi connectivity index (χ0) is 22.9. The average Bonchev–Trinajstić information content (AvgIpc) is 2.79. The molecule has 0 radical (unpaired) electrons. The minimum Gasteiger partial charge on any atom is -0.482 e. The number of nitrogens with zero attached hydrogens (tertiary/aromatic N) is 1. The molecular formula is C24H20ClFN2O4. The van der Waals surface area contributed by atoms with Gasteiger partial charge < -0.3 is 14.8 Å². The quantitative estimate of drug-likeness (QED) is 0.364. The number of anilines is 1. The van der Waals surface area contributed by atoms with E-state index in [0.29, 0.717) is 29.2 Å². The molecule has 0 fully saturated rings. The number of amides is 1. The van der Waals surface area contributed by atoms with Gasteiger partial charge in [-0.3, -0.25) is 9.79 Å². The molecule has 0 aliphatic heterocycles. The molecule has 0 atom stereocenters. The first-order chi connectivity index (χ1) is 15.5. The summed E-state index contributed by atoms with van der Waals surface area (Å²) >= 11 is 6.24. The summed E-state index contributed by atoms with van der Waals surface area (Å²) in [5.41, 5.74) is 1.76. The van der Waals surface area contributed by atoms with Crippen LogP contribution in [0.4, 0.5) is 15.8 Å². The van der Waals surface area contributed by atoms with E-state index in [-0.39, 0.29) is 17.3 Å². The molecule has 32 heavy (non-hydrogen) atoms. The van der Waals surface area contributed by atoms with Gasteiger partial charge in [-0.15, -0.1) is 0 Å². The maximum Gasteiger partial charge on any atom is 0.338 e. The van der Waals surface area contributed by atoms with Gasteiger partial charge in [0.05, 0.1) is 28.6 Å². The van der Waals surface area contributed by atoms with Crippen molar-refractivity contribution in [3.63, 3.8) is 0 Å². The fourth-order valence-corrected chi connectivity index (χ4v) is 2.93. The molecule has 3 aromatic rings. The van der Waals surface area contributed by atoms with Crippen LogP contribution in [0.3, 0.4) is 0 Å². The Morgan fingerprint density at radius 2 is 1.91 bits per heavy atom. The van der Waals surface area contributed by atoms with Gasteiger partial charge >= 0.3 is 5.97 Å². The SMILES string of the molecule is CCOC(=O)c1cccc(N=Cc2ccc(OCC(=O)Nc3ccccc3F)c(Cl)c2)c1. The zero-order valence-corrected chi connectivity index (χ0v) is 17.9. The molecule has 164 valence electrons. The number of carbonyl (C=O) groups is 2. The first-order valence-electron chi connectivity index (χ1n) is 9.74. The highest BCUT2D eigenvalue weighted by molar-refractivity contribution is 6.32. The highest BCUT2D eigenvalue weighted by Crippen LogP contribution is 2.25. The summed E-state index contributed by atoms with van der Waals surface area (Å²) in [6, 6.07) is 17.6. The van der Waals surface area contributed by atoms with Gasteiger partial charge in [0.2, 0.25) is 0 Å². The second-order valence-corrected chi connectivity index (χ2v) is 6.94. The second-order valence-electron chi connectivity index (χ2n) is 6.54. The van der Waals surface area contributed by atoms with Crippen LogP contribution in [-0.2, 0) is 9.53 Å². The number of carbonyl (C=O) groups excluding carboxylic acids is 2. The van der Waals surface area contributed by atoms with Crippen LogP contribution >= 0.6 is 11.6 Å². The Labute approximate surface area is 189 Å². The Kier molecular flexibility index (Phi) is 7.94. The van der Waals surface area contributed by atoms with Crippen LogP contribution in [-0.4, -0.2) is 31.3 Å². The number of benzene rings is 3. The fraction of sp³-hybridized carbons (Fsp3) is 0.125. The molecule has 0 aliphatic rings. The van der Waals surface area contributed by atoms with Crippen LogP contribution in [0.2, 0.25) is 5.02 Å². The van der Waals surface area contributed by atoms with Gasteiger partial charge in [-0.2, -0.15) is 0 Å². The standard InChI is InChI=1S/C24H20ClFN2O4/c1-2-31-24(30)17-6-5-7-18(13-17)27-14-16-10-11-22(19(25)12-16)32-15-23(29)28-21-9-4-3-8-20(21)26/h3-14H,2,15H2,1H3,(H,28,29). The number of ether oxygens (including phenoxy) is 2. The summed E-state index contributed by atoms with van der Waals surface area (Å²) < 4.78 is 24.0. The minimum atomic E-state index is -0.532. The monoisotopic (exact) mass is 454 g/mol. The van der Waals surface area contributed by atoms with E-state index in [2.05, 4.69) is 10.3 Å². The lowest BCUT2D eigenvalue weighted by Crippen LogP contribution is -2.20. The molecule has 0 heterocycles. The minimum absolute atomic E-state index is 0.0748. The fourth-order valence-electron chi connectivity index (χ4n) is 2.68. The molecule has 3 aromatic carbocycles. The number of aliphatic imine (C=N–C) groups is 1. The van der Waals surface area contributed by atoms with Gasteiger partial charge in [0, 0.05) is 6.21 Å². The summed E-state index contributed by atoms with van der Waals surface area (Å²) in [5.74, 6) is -1.15. The molecule has 6 nitrogen and oxygen atoms in total. The van der Waals surface area contributed by atoms with Crippen molar-refractivity contribution in [2.24, 2.45) is 4.99 Å². The number of rotatable bonds is 8. The van der Waals surface area contributed by atoms with Crippen molar-refractivity contribution in [3.8, 4) is 5.75 Å². The largest absolute Gasteiger partial charge is 0.482 e. The highest BCUT2D eigenvalue weighted by atomic mass is 35.5. The zero-order valence-electron chi connectivity index (χ0n) is 17.2. The lowest BCUT2D eigenvalue weighted by atomic mass is 10.2. The first kappa shape index (κ1) is 23.0. The predicted molar refractivity (Wildman–Crippen MR) is 122 cm³/mol. The average molecular weight is 455 g/mol. The van der Waals surface area contributed by atoms with Crippen LogP contribution in [0, 0.1) is 5.82 Å². The van der Waals surface area contributed by atoms with Gasteiger partial charge in [0.15, 0.2) is 6.61 Å². The molecule has 0 aliphatic carbocycles. The Morgan fingerprint density at radius 3 is 2.66 bits per heavy atom. The summed E-state index contributed by atoms with van der Waals surface area (Å²) in [4.78, 5) is 28.2. The van der Waals surface area contributed by atoms with Gasteiger partial charge in [0.1, 0.15) is 11.6 Å². The van der Waals surface area contributed by atoms with Gasteiger partial charge in [-0.1, -0.05) is 29.8 Å². The molecule has 1 N–H and O–H groups in total. The van der Waals surface area contributed by atoms with Crippen molar-refractivity contribution in [2.75, 3.05) is 18.5 Å². The number of halogens is 2. The van der Waals surface area contributed by atoms with E-state index in [1.165, 1.54) is 18.2 Å². The molecule has 1 amide bonds. The van der Waals surface area contributed by atoms with Crippen LogP contribution in [0.25, 0.3) is 0 Å². The maximum atomic E-state index is 13.6. The third-order valence-electron chi connectivity index (χ3n) is 4.18. The van der Waals surface area contributed by atoms with Crippen LogP contribution in [0.15, 0.2) is 71.7 Å². The predicted octanol–water partition coefficient (Wildman–Crippen LogP) is 5.42. The van der Waals surface area contributed by atoms with Gasteiger partial charge in [-0.25, -0.2) is 9.18 Å². The molecule has 0 aromatic heterocycles. The van der Waals surface area contributed by atoms with Crippen molar-refractivity contribution >= 4 is 41.1 Å². The summed E-state index contributed by atoms with van der Waals surface area (Å²) in [6.07, 6.45) is 1.59. The van der Waals surface area contributed by atoms with E-state index in [0.717, 1.165) is 0 Å². The second kappa shape index (κ2) is 11.1. The van der Waals surface area contributed by atoms with E-state index < -0.39 is 17.7 Å². The van der Waals surface area contributed by atoms with Crippen LogP contribution < -0.4 is 10.1 Å². The Hall–Kier alpha value is -3.71. The molecule has 0 spiro atoms. The van der Waals surface area contributed by atoms with E-state index in [1.807, 2.05) is 0 Å². The summed E-state index contributed by atoms with van der Waals surface area (Å²) in [6.45, 7) is 1.71. The van der Waals surface area contributed by atoms with Crippen molar-refractivity contribution in [1.82, 2.24) is 0 Å². The van der Waals surface area contributed by atoms with Crippen molar-refractivity contribution < 1.29 is 23.5 Å². The molecule has 0 unspecified atom stereocenters. The van der Waals surface area contributed by atoms with E-state index in [1.54, 1.807) is 61.7 Å². The molecular weight excluding hydrogens is 435 g/mol. The molecule has 0 saturated carbocycles. The molecule has 3 rings (SSSR count). The van der Waals surface area contributed by atoms with E-state index in [4.69, 9.17) is 21.1 Å². The van der Waals surface area contributed by atoms with E-state index in [9.17, 15) is 14.0 Å².